The quantitative estimate of drug-likeness (QED) is 0.626. The summed E-state index contributed by atoms with van der Waals surface area (Å²) < 4.78 is 15.9. The number of carbonyl (C=O) groups is 1. The highest BCUT2D eigenvalue weighted by molar-refractivity contribution is 6.60. The van der Waals surface area contributed by atoms with Gasteiger partial charge in [-0.05, 0) is 6.42 Å². The molecular formula is C9H19NO4Si. The minimum Gasteiger partial charge on any atom is -0.377 e. The first-order valence-electron chi connectivity index (χ1n) is 5.10. The van der Waals surface area contributed by atoms with E-state index in [2.05, 4.69) is 0 Å². The van der Waals surface area contributed by atoms with Crippen LogP contribution in [-0.2, 0) is 18.1 Å². The molecule has 5 nitrogen and oxygen atoms in total. The molecule has 0 unspecified atom stereocenters. The van der Waals surface area contributed by atoms with E-state index in [1.165, 1.54) is 0 Å². The van der Waals surface area contributed by atoms with E-state index in [1.54, 1.807) is 21.3 Å². The number of rotatable bonds is 6. The Balaban J connectivity index is 2.42. The van der Waals surface area contributed by atoms with Crippen LogP contribution in [-0.4, -0.2) is 54.0 Å². The monoisotopic (exact) mass is 233 g/mol. The van der Waals surface area contributed by atoms with Crippen molar-refractivity contribution < 1.29 is 18.1 Å². The fraction of sp³-hybridized carbons (Fsp3) is 0.889. The van der Waals surface area contributed by atoms with Crippen molar-refractivity contribution in [1.29, 1.82) is 0 Å². The summed E-state index contributed by atoms with van der Waals surface area (Å²) in [5, 5.41) is 0. The fourth-order valence-electron chi connectivity index (χ4n) is 1.77. The molecule has 1 saturated heterocycles. The Bertz CT molecular complexity index is 212. The van der Waals surface area contributed by atoms with Gasteiger partial charge < -0.3 is 18.2 Å². The van der Waals surface area contributed by atoms with Crippen molar-refractivity contribution in [2.45, 2.75) is 18.9 Å². The molecule has 0 radical (unpaired) electrons. The van der Waals surface area contributed by atoms with Crippen LogP contribution in [0.3, 0.4) is 0 Å². The number of likely N-dealkylation sites (tertiary alicyclic amines) is 1. The van der Waals surface area contributed by atoms with Gasteiger partial charge in [-0.1, -0.05) is 0 Å². The maximum absolute atomic E-state index is 11.4. The molecular weight excluding hydrogens is 214 g/mol. The Hall–Kier alpha value is -0.433. The van der Waals surface area contributed by atoms with Gasteiger partial charge in [-0.3, -0.25) is 4.79 Å². The van der Waals surface area contributed by atoms with E-state index in [4.69, 9.17) is 13.3 Å². The van der Waals surface area contributed by atoms with E-state index in [0.717, 1.165) is 13.0 Å². The van der Waals surface area contributed by atoms with Gasteiger partial charge in [-0.25, -0.2) is 0 Å². The van der Waals surface area contributed by atoms with E-state index in [0.29, 0.717) is 19.0 Å². The molecule has 1 aliphatic rings. The van der Waals surface area contributed by atoms with Crippen LogP contribution in [0.25, 0.3) is 0 Å². The van der Waals surface area contributed by atoms with Crippen LogP contribution in [0.15, 0.2) is 0 Å². The van der Waals surface area contributed by atoms with Gasteiger partial charge in [-0.15, -0.1) is 0 Å². The standard InChI is InChI=1S/C9H19NO4Si/c1-12-15(13-2,14-3)8-7-10-6-4-5-9(10)11/h4-8H2,1-3H3. The van der Waals surface area contributed by atoms with Gasteiger partial charge in [0.2, 0.25) is 5.91 Å². The molecule has 0 saturated carbocycles. The summed E-state index contributed by atoms with van der Waals surface area (Å²) in [6.45, 7) is 1.51. The van der Waals surface area contributed by atoms with Crippen LogP contribution >= 0.6 is 0 Å². The van der Waals surface area contributed by atoms with E-state index in [1.807, 2.05) is 4.90 Å². The third-order valence-electron chi connectivity index (χ3n) is 2.79. The minimum atomic E-state index is -2.51. The lowest BCUT2D eigenvalue weighted by Crippen LogP contribution is -2.45. The Morgan fingerprint density at radius 3 is 2.27 bits per heavy atom. The molecule has 1 amide bonds. The SMILES string of the molecule is CO[Si](CCN1CCCC1=O)(OC)OC. The Morgan fingerprint density at radius 1 is 1.27 bits per heavy atom. The molecule has 1 heterocycles. The van der Waals surface area contributed by atoms with E-state index < -0.39 is 8.80 Å². The lowest BCUT2D eigenvalue weighted by Gasteiger charge is -2.26. The first-order valence-corrected chi connectivity index (χ1v) is 7.04. The molecule has 1 aliphatic heterocycles. The third-order valence-corrected chi connectivity index (χ3v) is 5.49. The van der Waals surface area contributed by atoms with Gasteiger partial charge in [0, 0.05) is 46.9 Å². The highest BCUT2D eigenvalue weighted by atomic mass is 28.4. The second kappa shape index (κ2) is 5.60. The highest BCUT2D eigenvalue weighted by Gasteiger charge is 2.38. The molecule has 0 N–H and O–H groups in total. The van der Waals surface area contributed by atoms with Gasteiger partial charge in [0.15, 0.2) is 0 Å². The second-order valence-electron chi connectivity index (χ2n) is 3.53. The van der Waals surface area contributed by atoms with Crippen LogP contribution < -0.4 is 0 Å². The Labute approximate surface area is 91.7 Å². The average molecular weight is 233 g/mol. The summed E-state index contributed by atoms with van der Waals surface area (Å²) in [6, 6.07) is 0.655. The van der Waals surface area contributed by atoms with E-state index in [-0.39, 0.29) is 5.91 Å². The maximum atomic E-state index is 11.4. The Morgan fingerprint density at radius 2 is 1.87 bits per heavy atom. The molecule has 0 aromatic rings. The molecule has 1 fully saturated rings. The summed E-state index contributed by atoms with van der Waals surface area (Å²) >= 11 is 0. The third kappa shape index (κ3) is 3.01. The van der Waals surface area contributed by atoms with Crippen molar-refractivity contribution in [2.24, 2.45) is 0 Å². The molecule has 0 aromatic carbocycles. The fourth-order valence-corrected chi connectivity index (χ4v) is 3.42. The van der Waals surface area contributed by atoms with Crippen LogP contribution in [0.1, 0.15) is 12.8 Å². The molecule has 6 heteroatoms. The van der Waals surface area contributed by atoms with Crippen LogP contribution in [0.5, 0.6) is 0 Å². The summed E-state index contributed by atoms with van der Waals surface area (Å²) in [5.41, 5.74) is 0. The molecule has 15 heavy (non-hydrogen) atoms. The highest BCUT2D eigenvalue weighted by Crippen LogP contribution is 2.16. The minimum absolute atomic E-state index is 0.223. The Kier molecular flexibility index (Phi) is 4.71. The zero-order valence-electron chi connectivity index (χ0n) is 9.62. The van der Waals surface area contributed by atoms with Gasteiger partial charge >= 0.3 is 8.80 Å². The predicted molar refractivity (Wildman–Crippen MR) is 57.4 cm³/mol. The zero-order chi connectivity index (χ0) is 11.3. The molecule has 0 aromatic heterocycles. The summed E-state index contributed by atoms with van der Waals surface area (Å²) in [6.07, 6.45) is 1.63. The normalized spacial score (nSPS) is 17.5. The van der Waals surface area contributed by atoms with E-state index >= 15 is 0 Å². The summed E-state index contributed by atoms with van der Waals surface area (Å²) in [4.78, 5) is 13.2. The van der Waals surface area contributed by atoms with Crippen molar-refractivity contribution in [3.05, 3.63) is 0 Å². The number of hydrogen-bond donors (Lipinski definition) is 0. The van der Waals surface area contributed by atoms with Crippen molar-refractivity contribution in [3.63, 3.8) is 0 Å². The number of carbonyl (C=O) groups excluding carboxylic acids is 1. The topological polar surface area (TPSA) is 48.0 Å². The first-order chi connectivity index (χ1) is 7.17. The van der Waals surface area contributed by atoms with Gasteiger partial charge in [-0.2, -0.15) is 0 Å². The second-order valence-corrected chi connectivity index (χ2v) is 6.62. The van der Waals surface area contributed by atoms with Crippen molar-refractivity contribution >= 4 is 14.7 Å². The van der Waals surface area contributed by atoms with E-state index in [9.17, 15) is 4.79 Å². The van der Waals surface area contributed by atoms with Crippen LogP contribution in [0.4, 0.5) is 0 Å². The largest absolute Gasteiger partial charge is 0.501 e. The molecule has 1 rings (SSSR count). The molecule has 0 bridgehead atoms. The zero-order valence-corrected chi connectivity index (χ0v) is 10.6. The number of hydrogen-bond acceptors (Lipinski definition) is 4. The predicted octanol–water partition coefficient (Wildman–Crippen LogP) is 0.487. The smallest absolute Gasteiger partial charge is 0.377 e. The number of amides is 1. The lowest BCUT2D eigenvalue weighted by molar-refractivity contribution is -0.127. The molecule has 0 aliphatic carbocycles. The maximum Gasteiger partial charge on any atom is 0.501 e. The average Bonchev–Trinajstić information content (AvgIpc) is 2.67. The lowest BCUT2D eigenvalue weighted by atomic mass is 10.4. The summed E-state index contributed by atoms with van der Waals surface area (Å²) in [5.74, 6) is 0.223. The summed E-state index contributed by atoms with van der Waals surface area (Å²) in [7, 11) is 2.26. The van der Waals surface area contributed by atoms with Crippen LogP contribution in [0.2, 0.25) is 6.04 Å². The van der Waals surface area contributed by atoms with Gasteiger partial charge in [0.1, 0.15) is 0 Å². The van der Waals surface area contributed by atoms with Crippen molar-refractivity contribution in [2.75, 3.05) is 34.4 Å². The van der Waals surface area contributed by atoms with Gasteiger partial charge in [0.05, 0.1) is 0 Å². The van der Waals surface area contributed by atoms with Gasteiger partial charge in [0.25, 0.3) is 0 Å². The molecule has 0 atom stereocenters. The molecule has 0 spiro atoms. The van der Waals surface area contributed by atoms with Crippen molar-refractivity contribution in [1.82, 2.24) is 4.90 Å². The number of nitrogens with zero attached hydrogens (tertiary/aromatic N) is 1. The first kappa shape index (κ1) is 12.6. The molecule has 88 valence electrons. The van der Waals surface area contributed by atoms with Crippen LogP contribution in [0, 0.1) is 0 Å². The van der Waals surface area contributed by atoms with Crippen molar-refractivity contribution in [3.8, 4) is 0 Å².